The third kappa shape index (κ3) is 3.87. The zero-order valence-corrected chi connectivity index (χ0v) is 18.7. The Morgan fingerprint density at radius 3 is 2.81 bits per heavy atom. The highest BCUT2D eigenvalue weighted by molar-refractivity contribution is 5.95. The maximum atomic E-state index is 13.0. The number of carbonyl (C=O) groups excluding carboxylic acids is 1. The Morgan fingerprint density at radius 2 is 2.06 bits per heavy atom. The zero-order chi connectivity index (χ0) is 22.3. The second kappa shape index (κ2) is 8.05. The van der Waals surface area contributed by atoms with Crippen LogP contribution in [0, 0.1) is 13.8 Å². The maximum absolute atomic E-state index is 13.0. The van der Waals surface area contributed by atoms with E-state index in [0.29, 0.717) is 18.8 Å². The van der Waals surface area contributed by atoms with Crippen LogP contribution < -0.4 is 15.8 Å². The summed E-state index contributed by atoms with van der Waals surface area (Å²) in [6, 6.07) is 3.86. The van der Waals surface area contributed by atoms with Crippen LogP contribution in [0.5, 0.6) is 0 Å². The van der Waals surface area contributed by atoms with Crippen molar-refractivity contribution in [2.45, 2.75) is 46.7 Å². The SMILES string of the molecule is CC(C)=CCn1c(=O)c(C(=O)N[C@H]2CCN(c3ccc4ncc(C)n4n3)C2)c(C)n1C. The second-order valence-corrected chi connectivity index (χ2v) is 8.42. The summed E-state index contributed by atoms with van der Waals surface area (Å²) in [4.78, 5) is 32.3. The number of aromatic nitrogens is 5. The molecule has 3 aromatic heterocycles. The first kappa shape index (κ1) is 20.9. The lowest BCUT2D eigenvalue weighted by molar-refractivity contribution is 0.0938. The molecule has 31 heavy (non-hydrogen) atoms. The molecule has 4 rings (SSSR count). The van der Waals surface area contributed by atoms with Crippen LogP contribution in [-0.4, -0.2) is 49.0 Å². The molecule has 1 N–H and O–H groups in total. The lowest BCUT2D eigenvalue weighted by Crippen LogP contribution is -2.39. The lowest BCUT2D eigenvalue weighted by atomic mass is 10.2. The van der Waals surface area contributed by atoms with Gasteiger partial charge in [-0.1, -0.05) is 11.6 Å². The molecule has 0 unspecified atom stereocenters. The van der Waals surface area contributed by atoms with Crippen molar-refractivity contribution < 1.29 is 4.79 Å². The molecule has 0 aromatic carbocycles. The molecule has 0 bridgehead atoms. The number of fused-ring (bicyclic) bond motifs is 1. The quantitative estimate of drug-likeness (QED) is 0.633. The number of aryl methyl sites for hydroxylation is 1. The molecule has 1 saturated heterocycles. The summed E-state index contributed by atoms with van der Waals surface area (Å²) in [7, 11) is 1.81. The number of amides is 1. The van der Waals surface area contributed by atoms with E-state index in [-0.39, 0.29) is 23.1 Å². The molecular formula is C22H29N7O2. The number of imidazole rings is 1. The molecule has 4 heterocycles. The molecule has 1 atom stereocenters. The average Bonchev–Trinajstić information content (AvgIpc) is 3.39. The highest BCUT2D eigenvalue weighted by atomic mass is 16.2. The van der Waals surface area contributed by atoms with Gasteiger partial charge in [-0.3, -0.25) is 14.3 Å². The van der Waals surface area contributed by atoms with Crippen LogP contribution >= 0.6 is 0 Å². The van der Waals surface area contributed by atoms with Crippen molar-refractivity contribution in [2.24, 2.45) is 7.05 Å². The molecule has 0 saturated carbocycles. The fourth-order valence-corrected chi connectivity index (χ4v) is 3.99. The molecule has 1 fully saturated rings. The minimum absolute atomic E-state index is 0.0425. The van der Waals surface area contributed by atoms with Crippen molar-refractivity contribution >= 4 is 17.4 Å². The van der Waals surface area contributed by atoms with Crippen molar-refractivity contribution in [3.63, 3.8) is 0 Å². The third-order valence-corrected chi connectivity index (χ3v) is 5.92. The van der Waals surface area contributed by atoms with Gasteiger partial charge in [0.05, 0.1) is 18.4 Å². The number of rotatable bonds is 5. The highest BCUT2D eigenvalue weighted by Gasteiger charge is 2.28. The molecule has 164 valence electrons. The first-order valence-corrected chi connectivity index (χ1v) is 10.5. The minimum Gasteiger partial charge on any atom is -0.353 e. The van der Waals surface area contributed by atoms with Gasteiger partial charge in [0.2, 0.25) is 0 Å². The van der Waals surface area contributed by atoms with Crippen molar-refractivity contribution in [1.29, 1.82) is 0 Å². The lowest BCUT2D eigenvalue weighted by Gasteiger charge is -2.18. The predicted molar refractivity (Wildman–Crippen MR) is 120 cm³/mol. The monoisotopic (exact) mass is 423 g/mol. The number of hydrogen-bond acceptors (Lipinski definition) is 5. The van der Waals surface area contributed by atoms with E-state index in [4.69, 9.17) is 0 Å². The number of nitrogens with one attached hydrogen (secondary N) is 1. The molecule has 1 aliphatic heterocycles. The fourth-order valence-electron chi connectivity index (χ4n) is 3.99. The van der Waals surface area contributed by atoms with Crippen LogP contribution in [0.15, 0.2) is 34.8 Å². The van der Waals surface area contributed by atoms with Gasteiger partial charge in [0, 0.05) is 31.9 Å². The Hall–Kier alpha value is -3.36. The number of allylic oxidation sites excluding steroid dienone is 2. The van der Waals surface area contributed by atoms with Crippen LogP contribution in [0.25, 0.3) is 5.65 Å². The van der Waals surface area contributed by atoms with Crippen molar-refractivity contribution in [1.82, 2.24) is 29.3 Å². The summed E-state index contributed by atoms with van der Waals surface area (Å²) in [5.74, 6) is 0.542. The normalized spacial score (nSPS) is 16.2. The van der Waals surface area contributed by atoms with Gasteiger partial charge in [-0.05, 0) is 46.2 Å². The van der Waals surface area contributed by atoms with Crippen LogP contribution in [0.4, 0.5) is 5.82 Å². The second-order valence-electron chi connectivity index (χ2n) is 8.42. The number of nitrogens with zero attached hydrogens (tertiary/aromatic N) is 6. The third-order valence-electron chi connectivity index (χ3n) is 5.92. The number of carbonyl (C=O) groups is 1. The van der Waals surface area contributed by atoms with Gasteiger partial charge >= 0.3 is 0 Å². The van der Waals surface area contributed by atoms with Crippen LogP contribution in [0.1, 0.15) is 42.0 Å². The summed E-state index contributed by atoms with van der Waals surface area (Å²) in [5.41, 5.74) is 3.55. The first-order valence-electron chi connectivity index (χ1n) is 10.5. The van der Waals surface area contributed by atoms with E-state index < -0.39 is 0 Å². The summed E-state index contributed by atoms with van der Waals surface area (Å²) >= 11 is 0. The molecule has 0 spiro atoms. The van der Waals surface area contributed by atoms with Gasteiger partial charge in [-0.2, -0.15) is 0 Å². The average molecular weight is 424 g/mol. The van der Waals surface area contributed by atoms with E-state index in [1.165, 1.54) is 0 Å². The Labute approximate surface area is 181 Å². The first-order chi connectivity index (χ1) is 14.8. The van der Waals surface area contributed by atoms with E-state index in [1.54, 1.807) is 15.6 Å². The Bertz CT molecular complexity index is 1230. The summed E-state index contributed by atoms with van der Waals surface area (Å²) < 4.78 is 5.17. The minimum atomic E-state index is -0.310. The van der Waals surface area contributed by atoms with E-state index in [9.17, 15) is 9.59 Å². The maximum Gasteiger partial charge on any atom is 0.280 e. The molecule has 0 aliphatic carbocycles. The number of anilines is 1. The van der Waals surface area contributed by atoms with Gasteiger partial charge in [0.25, 0.3) is 11.5 Å². The fraction of sp³-hybridized carbons (Fsp3) is 0.455. The van der Waals surface area contributed by atoms with Crippen LogP contribution in [0.2, 0.25) is 0 Å². The molecular weight excluding hydrogens is 394 g/mol. The topological polar surface area (TPSA) is 89.5 Å². The van der Waals surface area contributed by atoms with E-state index in [2.05, 4.69) is 20.3 Å². The van der Waals surface area contributed by atoms with Crippen molar-refractivity contribution in [2.75, 3.05) is 18.0 Å². The zero-order valence-electron chi connectivity index (χ0n) is 18.7. The Balaban J connectivity index is 1.48. The van der Waals surface area contributed by atoms with Crippen LogP contribution in [-0.2, 0) is 13.6 Å². The summed E-state index contributed by atoms with van der Waals surface area (Å²) in [5, 5.41) is 7.73. The van der Waals surface area contributed by atoms with E-state index in [0.717, 1.165) is 35.7 Å². The molecule has 9 nitrogen and oxygen atoms in total. The smallest absolute Gasteiger partial charge is 0.280 e. The van der Waals surface area contributed by atoms with Crippen LogP contribution in [0.3, 0.4) is 0 Å². The van der Waals surface area contributed by atoms with Gasteiger partial charge in [0.15, 0.2) is 5.65 Å². The van der Waals surface area contributed by atoms with Gasteiger partial charge in [0.1, 0.15) is 11.4 Å². The number of hydrogen-bond donors (Lipinski definition) is 1. The summed E-state index contributed by atoms with van der Waals surface area (Å²) in [6.45, 7) is 9.64. The molecule has 1 aliphatic rings. The summed E-state index contributed by atoms with van der Waals surface area (Å²) in [6.07, 6.45) is 4.57. The highest BCUT2D eigenvalue weighted by Crippen LogP contribution is 2.19. The largest absolute Gasteiger partial charge is 0.353 e. The molecule has 0 radical (unpaired) electrons. The van der Waals surface area contributed by atoms with Gasteiger partial charge < -0.3 is 10.2 Å². The molecule has 9 heteroatoms. The van der Waals surface area contributed by atoms with Crippen molar-refractivity contribution in [3.05, 3.63) is 57.3 Å². The molecule has 1 amide bonds. The van der Waals surface area contributed by atoms with Gasteiger partial charge in [-0.15, -0.1) is 5.10 Å². The van der Waals surface area contributed by atoms with Crippen molar-refractivity contribution in [3.8, 4) is 0 Å². The molecule has 3 aromatic rings. The Morgan fingerprint density at radius 1 is 1.29 bits per heavy atom. The predicted octanol–water partition coefficient (Wildman–Crippen LogP) is 1.82. The standard InChI is InChI=1S/C22H29N7O2/c1-14(2)8-11-28-22(31)20(16(4)26(28)5)21(30)24-17-9-10-27(13-17)19-7-6-18-23-12-15(3)29(18)25-19/h6-8,12,17H,9-11,13H2,1-5H3,(H,24,30)/t17-/m0/s1. The van der Waals surface area contributed by atoms with Gasteiger partial charge in [-0.25, -0.2) is 14.2 Å². The Kier molecular flexibility index (Phi) is 5.43. The van der Waals surface area contributed by atoms with E-state index in [1.807, 2.05) is 57.5 Å². The van der Waals surface area contributed by atoms with E-state index >= 15 is 0 Å².